The number of ketones is 1. The van der Waals surface area contributed by atoms with E-state index in [1.807, 2.05) is 6.07 Å². The highest BCUT2D eigenvalue weighted by Gasteiger charge is 2.42. The Balaban J connectivity index is 1.84. The van der Waals surface area contributed by atoms with E-state index in [1.165, 1.54) is 5.56 Å². The van der Waals surface area contributed by atoms with E-state index >= 15 is 0 Å². The Labute approximate surface area is 127 Å². The van der Waals surface area contributed by atoms with E-state index in [-0.39, 0.29) is 11.3 Å². The Kier molecular flexibility index (Phi) is 4.25. The predicted molar refractivity (Wildman–Crippen MR) is 84.2 cm³/mol. The van der Waals surface area contributed by atoms with Gasteiger partial charge in [-0.25, -0.2) is 0 Å². The summed E-state index contributed by atoms with van der Waals surface area (Å²) < 4.78 is 5.45. The van der Waals surface area contributed by atoms with Crippen LogP contribution in [0.25, 0.3) is 0 Å². The van der Waals surface area contributed by atoms with Crippen molar-refractivity contribution < 1.29 is 9.53 Å². The second kappa shape index (κ2) is 6.15. The number of rotatable bonds is 3. The molecule has 1 aliphatic carbocycles. The fraction of sp³-hybridized carbons (Fsp3) is 0.526. The Morgan fingerprint density at radius 1 is 1.10 bits per heavy atom. The van der Waals surface area contributed by atoms with Gasteiger partial charge in [0.15, 0.2) is 0 Å². The zero-order chi connectivity index (χ0) is 14.7. The second-order valence-electron chi connectivity index (χ2n) is 6.60. The summed E-state index contributed by atoms with van der Waals surface area (Å²) in [6.45, 7) is 3.58. The number of carbonyl (C=O) groups excluding carboxylic acids is 1. The maximum atomic E-state index is 13.2. The van der Waals surface area contributed by atoms with Crippen molar-refractivity contribution in [2.75, 3.05) is 13.2 Å². The minimum Gasteiger partial charge on any atom is -0.381 e. The lowest BCUT2D eigenvalue weighted by molar-refractivity contribution is -0.138. The monoisotopic (exact) mass is 284 g/mol. The molecule has 21 heavy (non-hydrogen) atoms. The summed E-state index contributed by atoms with van der Waals surface area (Å²) in [6, 6.07) is 10.5. The summed E-state index contributed by atoms with van der Waals surface area (Å²) in [5.74, 6) is 0.910. The minimum atomic E-state index is -0.193. The van der Waals surface area contributed by atoms with E-state index in [2.05, 4.69) is 43.3 Å². The van der Waals surface area contributed by atoms with Crippen LogP contribution in [0.5, 0.6) is 0 Å². The molecule has 1 heterocycles. The summed E-state index contributed by atoms with van der Waals surface area (Å²) >= 11 is 0. The van der Waals surface area contributed by atoms with Gasteiger partial charge in [-0.2, -0.15) is 0 Å². The minimum absolute atomic E-state index is 0.125. The summed E-state index contributed by atoms with van der Waals surface area (Å²) in [6.07, 6.45) is 8.02. The van der Waals surface area contributed by atoms with Gasteiger partial charge < -0.3 is 4.74 Å². The van der Waals surface area contributed by atoms with Crippen LogP contribution in [0.4, 0.5) is 0 Å². The fourth-order valence-corrected chi connectivity index (χ4v) is 3.69. The van der Waals surface area contributed by atoms with Crippen molar-refractivity contribution in [1.82, 2.24) is 0 Å². The average molecular weight is 284 g/mol. The molecule has 1 aromatic carbocycles. The first-order valence-corrected chi connectivity index (χ1v) is 8.03. The largest absolute Gasteiger partial charge is 0.381 e. The first-order chi connectivity index (χ1) is 10.2. The topological polar surface area (TPSA) is 26.3 Å². The van der Waals surface area contributed by atoms with Crippen LogP contribution in [0.15, 0.2) is 42.5 Å². The molecule has 1 unspecified atom stereocenters. The van der Waals surface area contributed by atoms with Gasteiger partial charge >= 0.3 is 0 Å². The zero-order valence-electron chi connectivity index (χ0n) is 12.8. The van der Waals surface area contributed by atoms with Gasteiger partial charge in [0.1, 0.15) is 5.78 Å². The molecule has 2 aliphatic rings. The van der Waals surface area contributed by atoms with E-state index in [1.54, 1.807) is 0 Å². The molecule has 0 aromatic heterocycles. The third kappa shape index (κ3) is 2.96. The normalized spacial score (nSPS) is 28.2. The van der Waals surface area contributed by atoms with Crippen LogP contribution < -0.4 is 0 Å². The molecule has 0 N–H and O–H groups in total. The Hall–Kier alpha value is -1.41. The number of hydrogen-bond acceptors (Lipinski definition) is 2. The number of hydrogen-bond donors (Lipinski definition) is 0. The van der Waals surface area contributed by atoms with Gasteiger partial charge in [0, 0.05) is 24.5 Å². The van der Waals surface area contributed by atoms with E-state index < -0.39 is 0 Å². The third-order valence-corrected chi connectivity index (χ3v) is 5.19. The second-order valence-corrected chi connectivity index (χ2v) is 6.60. The number of benzene rings is 1. The molecule has 0 radical (unpaired) electrons. The van der Waals surface area contributed by atoms with Crippen LogP contribution in [0, 0.1) is 11.3 Å². The maximum absolute atomic E-state index is 13.2. The van der Waals surface area contributed by atoms with Gasteiger partial charge in [-0.3, -0.25) is 4.79 Å². The van der Waals surface area contributed by atoms with Gasteiger partial charge in [0.05, 0.1) is 0 Å². The van der Waals surface area contributed by atoms with Gasteiger partial charge in [-0.1, -0.05) is 49.4 Å². The lowest BCUT2D eigenvalue weighted by Crippen LogP contribution is -2.40. The first kappa shape index (κ1) is 14.5. The van der Waals surface area contributed by atoms with Crippen LogP contribution in [-0.4, -0.2) is 19.0 Å². The molecule has 1 fully saturated rings. The fourth-order valence-electron chi connectivity index (χ4n) is 3.69. The van der Waals surface area contributed by atoms with E-state index in [9.17, 15) is 4.79 Å². The van der Waals surface area contributed by atoms with Crippen LogP contribution in [0.1, 0.15) is 44.1 Å². The van der Waals surface area contributed by atoms with Gasteiger partial charge in [0.2, 0.25) is 0 Å². The van der Waals surface area contributed by atoms with Crippen molar-refractivity contribution in [2.45, 2.75) is 38.5 Å². The van der Waals surface area contributed by atoms with E-state index in [4.69, 9.17) is 4.74 Å². The molecule has 1 aliphatic heterocycles. The summed E-state index contributed by atoms with van der Waals surface area (Å²) in [5, 5.41) is 0. The highest BCUT2D eigenvalue weighted by atomic mass is 16.5. The van der Waals surface area contributed by atoms with Crippen molar-refractivity contribution >= 4 is 5.78 Å². The smallest absolute Gasteiger partial charge is 0.142 e. The van der Waals surface area contributed by atoms with Crippen molar-refractivity contribution in [1.29, 1.82) is 0 Å². The number of carbonyl (C=O) groups is 1. The summed E-state index contributed by atoms with van der Waals surface area (Å²) in [7, 11) is 0. The third-order valence-electron chi connectivity index (χ3n) is 5.19. The van der Waals surface area contributed by atoms with Crippen molar-refractivity contribution in [3.8, 4) is 0 Å². The lowest BCUT2D eigenvalue weighted by atomic mass is 9.66. The standard InChI is InChI=1S/C19H24O2/c1-19(11-13-21-14-12-19)18(20)17-10-6-5-9-16(17)15-7-3-2-4-8-15/h2-8,16-17H,9-14H2,1H3/t16-,17?/m1/s1. The number of Topliss-reactive ketones (excluding diaryl/α,β-unsaturated/α-hetero) is 1. The highest BCUT2D eigenvalue weighted by Crippen LogP contribution is 2.42. The van der Waals surface area contributed by atoms with Crippen LogP contribution >= 0.6 is 0 Å². The first-order valence-electron chi connectivity index (χ1n) is 8.03. The number of ether oxygens (including phenoxy) is 1. The molecule has 3 rings (SSSR count). The maximum Gasteiger partial charge on any atom is 0.142 e. The molecule has 0 spiro atoms. The molecule has 2 atom stereocenters. The average Bonchev–Trinajstić information content (AvgIpc) is 2.56. The molecule has 1 saturated heterocycles. The van der Waals surface area contributed by atoms with Crippen LogP contribution in [0.3, 0.4) is 0 Å². The van der Waals surface area contributed by atoms with Crippen molar-refractivity contribution in [3.63, 3.8) is 0 Å². The number of allylic oxidation sites excluding steroid dienone is 2. The lowest BCUT2D eigenvalue weighted by Gasteiger charge is -2.38. The Morgan fingerprint density at radius 3 is 2.48 bits per heavy atom. The summed E-state index contributed by atoms with van der Waals surface area (Å²) in [5.41, 5.74) is 1.11. The van der Waals surface area contributed by atoms with Crippen molar-refractivity contribution in [3.05, 3.63) is 48.0 Å². The Bertz CT molecular complexity index is 512. The van der Waals surface area contributed by atoms with Gasteiger partial charge in [0.25, 0.3) is 0 Å². The highest BCUT2D eigenvalue weighted by molar-refractivity contribution is 5.88. The summed E-state index contributed by atoms with van der Waals surface area (Å²) in [4.78, 5) is 13.2. The molecule has 2 nitrogen and oxygen atoms in total. The molecule has 112 valence electrons. The Morgan fingerprint density at radius 2 is 1.76 bits per heavy atom. The van der Waals surface area contributed by atoms with Gasteiger partial charge in [-0.15, -0.1) is 0 Å². The predicted octanol–water partition coefficient (Wildman–Crippen LogP) is 4.12. The zero-order valence-corrected chi connectivity index (χ0v) is 12.8. The molecular formula is C19H24O2. The van der Waals surface area contributed by atoms with E-state index in [0.717, 1.165) is 38.9 Å². The molecule has 2 heteroatoms. The van der Waals surface area contributed by atoms with Crippen LogP contribution in [-0.2, 0) is 9.53 Å². The van der Waals surface area contributed by atoms with Crippen LogP contribution in [0.2, 0.25) is 0 Å². The van der Waals surface area contributed by atoms with Crippen molar-refractivity contribution in [2.24, 2.45) is 11.3 Å². The quantitative estimate of drug-likeness (QED) is 0.780. The SMILES string of the molecule is CC1(C(=O)C2CC=CC[C@@H]2c2ccccc2)CCOCC1. The van der Waals surface area contributed by atoms with Gasteiger partial charge in [-0.05, 0) is 37.2 Å². The molecule has 1 aromatic rings. The molecule has 0 amide bonds. The van der Waals surface area contributed by atoms with E-state index in [0.29, 0.717) is 11.7 Å². The molecular weight excluding hydrogens is 260 g/mol. The molecule has 0 saturated carbocycles. The molecule has 0 bridgehead atoms.